The molecule has 42 heavy (non-hydrogen) atoms. The van der Waals surface area contributed by atoms with Crippen molar-refractivity contribution in [2.45, 2.75) is 46.1 Å². The summed E-state index contributed by atoms with van der Waals surface area (Å²) in [7, 11) is 1.20. The van der Waals surface area contributed by atoms with Gasteiger partial charge >= 0.3 is 5.97 Å². The van der Waals surface area contributed by atoms with Gasteiger partial charge in [0.2, 0.25) is 0 Å². The molecule has 5 rings (SSSR count). The number of fused-ring (bicyclic) bond motifs is 1. The lowest BCUT2D eigenvalue weighted by Crippen LogP contribution is -2.51. The summed E-state index contributed by atoms with van der Waals surface area (Å²) in [6, 6.07) is 10.5. The summed E-state index contributed by atoms with van der Waals surface area (Å²) < 4.78 is 6.71. The summed E-state index contributed by atoms with van der Waals surface area (Å²) in [4.78, 5) is 58.8. The Balaban J connectivity index is 1.81. The van der Waals surface area contributed by atoms with Crippen LogP contribution in [0.2, 0.25) is 0 Å². The van der Waals surface area contributed by atoms with Crippen molar-refractivity contribution in [2.24, 2.45) is 11.1 Å². The highest BCUT2D eigenvalue weighted by Gasteiger charge is 2.47. The van der Waals surface area contributed by atoms with Crippen LogP contribution < -0.4 is 16.7 Å². The number of nitrogens with one attached hydrogen (secondary N) is 1. The van der Waals surface area contributed by atoms with E-state index in [0.717, 1.165) is 10.9 Å². The number of amides is 1. The minimum atomic E-state index is -1.11. The molecule has 2 aliphatic rings. The molecule has 1 unspecified atom stereocenters. The van der Waals surface area contributed by atoms with Gasteiger partial charge in [-0.05, 0) is 54.5 Å². The van der Waals surface area contributed by atoms with Gasteiger partial charge in [-0.3, -0.25) is 24.8 Å². The smallest absolute Gasteiger partial charge is 0.338 e. The molecule has 0 spiro atoms. The van der Waals surface area contributed by atoms with Gasteiger partial charge in [0.05, 0.1) is 29.8 Å². The monoisotopic (exact) mass is 567 g/mol. The van der Waals surface area contributed by atoms with Crippen LogP contribution in [0.4, 0.5) is 0 Å². The molecular formula is C32H33N5O5. The number of ketones is 1. The number of hydrazine groups is 1. The molecular weight excluding hydrogens is 534 g/mol. The molecule has 3 N–H and O–H groups in total. The number of Topliss-reactive ketones (excluding diaryl/α,β-unsaturated/α-hetero) is 1. The third-order valence-corrected chi connectivity index (χ3v) is 7.72. The predicted octanol–water partition coefficient (Wildman–Crippen LogP) is 3.62. The van der Waals surface area contributed by atoms with Crippen LogP contribution in [0, 0.1) is 12.3 Å². The maximum atomic E-state index is 14.1. The molecule has 0 saturated carbocycles. The third-order valence-electron chi connectivity index (χ3n) is 7.72. The van der Waals surface area contributed by atoms with E-state index in [1.54, 1.807) is 16.7 Å². The van der Waals surface area contributed by atoms with E-state index in [1.165, 1.54) is 36.6 Å². The number of esters is 1. The van der Waals surface area contributed by atoms with Gasteiger partial charge in [-0.1, -0.05) is 31.6 Å². The Bertz CT molecular complexity index is 1770. The Labute approximate surface area is 243 Å². The Hall–Kier alpha value is -4.99. The molecule has 3 heterocycles. The number of pyridine rings is 2. The van der Waals surface area contributed by atoms with Crippen molar-refractivity contribution in [3.63, 3.8) is 0 Å². The van der Waals surface area contributed by atoms with Gasteiger partial charge in [-0.25, -0.2) is 9.80 Å². The first-order valence-electron chi connectivity index (χ1n) is 13.6. The van der Waals surface area contributed by atoms with Crippen molar-refractivity contribution in [1.29, 1.82) is 0 Å². The largest absolute Gasteiger partial charge is 0.466 e. The summed E-state index contributed by atoms with van der Waals surface area (Å²) in [5.74, 6) is -2.82. The second kappa shape index (κ2) is 10.8. The van der Waals surface area contributed by atoms with E-state index in [2.05, 4.69) is 17.0 Å². The Kier molecular flexibility index (Phi) is 7.32. The van der Waals surface area contributed by atoms with Crippen LogP contribution in [0.25, 0.3) is 10.9 Å². The number of hydrogen-bond donors (Lipinski definition) is 2. The van der Waals surface area contributed by atoms with E-state index in [9.17, 15) is 19.2 Å². The Morgan fingerprint density at radius 3 is 2.55 bits per heavy atom. The fourth-order valence-electron chi connectivity index (χ4n) is 5.87. The number of hydrogen-bond acceptors (Lipinski definition) is 8. The molecule has 2 aromatic heterocycles. The van der Waals surface area contributed by atoms with Crippen molar-refractivity contribution in [1.82, 2.24) is 20.0 Å². The van der Waals surface area contributed by atoms with Gasteiger partial charge in [0.25, 0.3) is 11.5 Å². The van der Waals surface area contributed by atoms with Crippen molar-refractivity contribution >= 4 is 28.6 Å². The van der Waals surface area contributed by atoms with Gasteiger partial charge in [-0.2, -0.15) is 0 Å². The second-order valence-electron chi connectivity index (χ2n) is 11.4. The molecule has 216 valence electrons. The molecule has 0 fully saturated rings. The summed E-state index contributed by atoms with van der Waals surface area (Å²) in [6.45, 7) is 9.85. The first kappa shape index (κ1) is 28.5. The first-order chi connectivity index (χ1) is 20.0. The zero-order valence-corrected chi connectivity index (χ0v) is 24.1. The number of aryl methyl sites for hydroxylation is 1. The van der Waals surface area contributed by atoms with Crippen LogP contribution >= 0.6 is 0 Å². The average molecular weight is 568 g/mol. The lowest BCUT2D eigenvalue weighted by atomic mass is 9.69. The number of carbonyl (C=O) groups excluding carboxylic acids is 3. The van der Waals surface area contributed by atoms with Crippen LogP contribution in [-0.2, 0) is 20.9 Å². The standard InChI is InChI=1S/C32H33N5O5/c1-6-13-36-22-8-7-18(2)14-20(22)15-21(30(36)40)25-26-23(16-32(3,4)17-24(26)38)37(28(33)27(25)31(41)42-5)35-29(39)19-9-11-34-12-10-19/h6-12,14-15,25H,1,13,16-17,33H2,2-5H3,(H,35,39). The zero-order valence-electron chi connectivity index (χ0n) is 24.1. The normalized spacial score (nSPS) is 18.1. The zero-order chi connectivity index (χ0) is 30.3. The number of rotatable bonds is 6. The second-order valence-corrected chi connectivity index (χ2v) is 11.4. The number of carbonyl (C=O) groups is 3. The quantitative estimate of drug-likeness (QED) is 0.341. The third kappa shape index (κ3) is 4.89. The summed E-state index contributed by atoms with van der Waals surface area (Å²) in [5.41, 5.74) is 11.3. The minimum Gasteiger partial charge on any atom is -0.466 e. The van der Waals surface area contributed by atoms with Gasteiger partial charge < -0.3 is 15.0 Å². The first-order valence-corrected chi connectivity index (χ1v) is 13.6. The van der Waals surface area contributed by atoms with Crippen molar-refractivity contribution in [3.8, 4) is 0 Å². The number of nitrogens with zero attached hydrogens (tertiary/aromatic N) is 3. The lowest BCUT2D eigenvalue weighted by Gasteiger charge is -2.43. The van der Waals surface area contributed by atoms with Gasteiger partial charge in [0, 0.05) is 42.1 Å². The van der Waals surface area contributed by atoms with Gasteiger partial charge in [-0.15, -0.1) is 6.58 Å². The molecule has 1 aromatic carbocycles. The van der Waals surface area contributed by atoms with Crippen LogP contribution in [0.1, 0.15) is 54.1 Å². The number of aromatic nitrogens is 2. The van der Waals surface area contributed by atoms with E-state index in [0.29, 0.717) is 23.2 Å². The molecule has 1 atom stereocenters. The Morgan fingerprint density at radius 2 is 1.88 bits per heavy atom. The minimum absolute atomic E-state index is 0.103. The highest BCUT2D eigenvalue weighted by atomic mass is 16.5. The molecule has 10 nitrogen and oxygen atoms in total. The van der Waals surface area contributed by atoms with Gasteiger partial charge in [0.1, 0.15) is 5.82 Å². The molecule has 3 aromatic rings. The van der Waals surface area contributed by atoms with E-state index < -0.39 is 23.2 Å². The number of benzene rings is 1. The average Bonchev–Trinajstić information content (AvgIpc) is 2.95. The van der Waals surface area contributed by atoms with E-state index >= 15 is 0 Å². The van der Waals surface area contributed by atoms with E-state index in [-0.39, 0.29) is 46.8 Å². The number of allylic oxidation sites excluding steroid dienone is 3. The lowest BCUT2D eigenvalue weighted by molar-refractivity contribution is -0.136. The maximum Gasteiger partial charge on any atom is 0.338 e. The van der Waals surface area contributed by atoms with Crippen LogP contribution in [0.5, 0.6) is 0 Å². The highest BCUT2D eigenvalue weighted by molar-refractivity contribution is 6.04. The molecule has 1 aliphatic carbocycles. The van der Waals surface area contributed by atoms with E-state index in [4.69, 9.17) is 10.5 Å². The topological polar surface area (TPSA) is 137 Å². The fraction of sp³-hybridized carbons (Fsp3) is 0.281. The van der Waals surface area contributed by atoms with E-state index in [1.807, 2.05) is 39.0 Å². The molecule has 0 saturated heterocycles. The van der Waals surface area contributed by atoms with Gasteiger partial charge in [0.15, 0.2) is 5.78 Å². The van der Waals surface area contributed by atoms with Crippen LogP contribution in [-0.4, -0.2) is 39.3 Å². The molecule has 10 heteroatoms. The molecule has 0 radical (unpaired) electrons. The van der Waals surface area contributed by atoms with Crippen molar-refractivity contribution < 1.29 is 19.1 Å². The SMILES string of the molecule is C=CCn1c(=O)c(C2C(C(=O)OC)=C(N)N(NC(=O)c3ccncc3)C3=C2C(=O)CC(C)(C)C3)cc2cc(C)ccc21. The molecule has 1 amide bonds. The summed E-state index contributed by atoms with van der Waals surface area (Å²) in [6.07, 6.45) is 5.11. The summed E-state index contributed by atoms with van der Waals surface area (Å²) in [5, 5.41) is 2.06. The molecule has 1 aliphatic heterocycles. The number of methoxy groups -OCH3 is 1. The maximum absolute atomic E-state index is 14.1. The van der Waals surface area contributed by atoms with Crippen molar-refractivity contribution in [3.05, 3.63) is 111 Å². The van der Waals surface area contributed by atoms with Crippen LogP contribution in [0.15, 0.2) is 88.9 Å². The molecule has 0 bridgehead atoms. The fourth-order valence-corrected chi connectivity index (χ4v) is 5.87. The predicted molar refractivity (Wildman–Crippen MR) is 158 cm³/mol. The highest BCUT2D eigenvalue weighted by Crippen LogP contribution is 2.48. The number of ether oxygens (including phenoxy) is 1. The van der Waals surface area contributed by atoms with Crippen molar-refractivity contribution in [2.75, 3.05) is 7.11 Å². The van der Waals surface area contributed by atoms with Crippen LogP contribution in [0.3, 0.4) is 0 Å². The summed E-state index contributed by atoms with van der Waals surface area (Å²) >= 11 is 0. The number of nitrogens with two attached hydrogens (primary N) is 1. The Morgan fingerprint density at radius 1 is 1.17 bits per heavy atom.